The summed E-state index contributed by atoms with van der Waals surface area (Å²) >= 11 is 0. The fourth-order valence-electron chi connectivity index (χ4n) is 5.33. The van der Waals surface area contributed by atoms with Crippen molar-refractivity contribution in [1.82, 2.24) is 25.5 Å². The number of anilines is 4. The zero-order valence-corrected chi connectivity index (χ0v) is 18.6. The molecule has 4 aliphatic rings. The third kappa shape index (κ3) is 3.64. The number of aromatic nitrogens is 4. The molecule has 1 saturated heterocycles. The van der Waals surface area contributed by atoms with Crippen LogP contribution in [0.4, 0.5) is 23.4 Å². The van der Waals surface area contributed by atoms with Gasteiger partial charge in [-0.3, -0.25) is 4.79 Å². The molecule has 6 rings (SSSR count). The fraction of sp³-hybridized carbons (Fsp3) is 0.478. The molecule has 2 aromatic rings. The van der Waals surface area contributed by atoms with Gasteiger partial charge in [0, 0.05) is 49.7 Å². The van der Waals surface area contributed by atoms with E-state index >= 15 is 0 Å². The van der Waals surface area contributed by atoms with E-state index in [1.807, 2.05) is 18.2 Å². The molecule has 1 saturated carbocycles. The quantitative estimate of drug-likeness (QED) is 0.729. The number of allylic oxidation sites excluding steroid dienone is 1. The Morgan fingerprint density at radius 2 is 2.06 bits per heavy atom. The van der Waals surface area contributed by atoms with Crippen molar-refractivity contribution in [3.63, 3.8) is 0 Å². The molecule has 0 radical (unpaired) electrons. The second-order valence-electron chi connectivity index (χ2n) is 9.12. The van der Waals surface area contributed by atoms with Gasteiger partial charge >= 0.3 is 0 Å². The van der Waals surface area contributed by atoms with Gasteiger partial charge in [0.25, 0.3) is 5.91 Å². The molecule has 1 unspecified atom stereocenters. The Hall–Kier alpha value is -3.40. The molecule has 33 heavy (non-hydrogen) atoms. The first-order valence-corrected chi connectivity index (χ1v) is 11.7. The van der Waals surface area contributed by atoms with Crippen molar-refractivity contribution in [3.8, 4) is 0 Å². The number of nitrogens with one attached hydrogen (secondary N) is 2. The van der Waals surface area contributed by atoms with E-state index in [0.717, 1.165) is 55.2 Å². The van der Waals surface area contributed by atoms with Gasteiger partial charge in [0.15, 0.2) is 11.6 Å². The van der Waals surface area contributed by atoms with Crippen molar-refractivity contribution in [3.05, 3.63) is 30.0 Å². The molecule has 10 heteroatoms. The smallest absolute Gasteiger partial charge is 0.273 e. The van der Waals surface area contributed by atoms with Crippen LogP contribution < -0.4 is 20.4 Å². The van der Waals surface area contributed by atoms with Crippen LogP contribution in [0.5, 0.6) is 0 Å². The molecule has 0 bridgehead atoms. The number of hydrogen-bond acceptors (Lipinski definition) is 9. The minimum absolute atomic E-state index is 0.129. The second kappa shape index (κ2) is 8.18. The summed E-state index contributed by atoms with van der Waals surface area (Å²) in [7, 11) is 0. The van der Waals surface area contributed by atoms with Gasteiger partial charge in [-0.2, -0.15) is 4.98 Å². The molecule has 10 nitrogen and oxygen atoms in total. The highest BCUT2D eigenvalue weighted by atomic mass is 16.1. The van der Waals surface area contributed by atoms with E-state index in [9.17, 15) is 4.79 Å². The maximum Gasteiger partial charge on any atom is 0.273 e. The van der Waals surface area contributed by atoms with E-state index in [0.29, 0.717) is 23.8 Å². The van der Waals surface area contributed by atoms with E-state index in [-0.39, 0.29) is 5.91 Å². The van der Waals surface area contributed by atoms with Gasteiger partial charge in [-0.25, -0.2) is 9.98 Å². The molecular formula is C23H27N9O. The Labute approximate surface area is 192 Å². The van der Waals surface area contributed by atoms with Gasteiger partial charge in [0.2, 0.25) is 5.95 Å². The first-order valence-electron chi connectivity index (χ1n) is 11.7. The average Bonchev–Trinajstić information content (AvgIpc) is 3.46. The van der Waals surface area contributed by atoms with Gasteiger partial charge in [0.05, 0.1) is 0 Å². The maximum atomic E-state index is 12.7. The Kier molecular flexibility index (Phi) is 5.01. The lowest BCUT2D eigenvalue weighted by molar-refractivity contribution is -0.118. The summed E-state index contributed by atoms with van der Waals surface area (Å²) < 4.78 is 0. The molecule has 3 aliphatic heterocycles. The standard InChI is InChI=1S/C23H27N9O/c1-14-13-31(11-10-24-14)19-7-6-18(29-30-19)27-23-26-12-17-16-8-9-25-22(33)20(16)32(21(17)28-23)15-4-2-3-5-15/h6-9,12,14-15,20,24H,2-5,10-11,13H2,1H3,(H,26,27,28,29)/t14-,20?/m0/s1. The van der Waals surface area contributed by atoms with E-state index < -0.39 is 6.04 Å². The molecule has 2 fully saturated rings. The molecule has 5 heterocycles. The van der Waals surface area contributed by atoms with Crippen molar-refractivity contribution >= 4 is 41.1 Å². The van der Waals surface area contributed by atoms with Crippen molar-refractivity contribution < 1.29 is 4.79 Å². The van der Waals surface area contributed by atoms with E-state index in [4.69, 9.17) is 4.98 Å². The molecule has 2 N–H and O–H groups in total. The number of hydrogen-bond donors (Lipinski definition) is 2. The van der Waals surface area contributed by atoms with Gasteiger partial charge in [-0.15, -0.1) is 10.2 Å². The average molecular weight is 446 g/mol. The van der Waals surface area contributed by atoms with Crippen LogP contribution in [0.15, 0.2) is 29.4 Å². The molecule has 1 amide bonds. The number of nitrogens with zero attached hydrogens (tertiary/aromatic N) is 7. The van der Waals surface area contributed by atoms with Crippen LogP contribution >= 0.6 is 0 Å². The van der Waals surface area contributed by atoms with Crippen molar-refractivity contribution in [2.75, 3.05) is 34.8 Å². The van der Waals surface area contributed by atoms with Crippen LogP contribution in [0.2, 0.25) is 0 Å². The third-order valence-corrected chi connectivity index (χ3v) is 6.89. The summed E-state index contributed by atoms with van der Waals surface area (Å²) in [5.41, 5.74) is 1.85. The minimum atomic E-state index is -0.391. The highest BCUT2D eigenvalue weighted by molar-refractivity contribution is 6.13. The zero-order chi connectivity index (χ0) is 22.4. The molecule has 170 valence electrons. The Morgan fingerprint density at radius 1 is 1.18 bits per heavy atom. The monoisotopic (exact) mass is 445 g/mol. The Balaban J connectivity index is 1.26. The lowest BCUT2D eigenvalue weighted by Crippen LogP contribution is -2.49. The second-order valence-corrected chi connectivity index (χ2v) is 9.12. The van der Waals surface area contributed by atoms with E-state index in [1.165, 1.54) is 12.8 Å². The summed E-state index contributed by atoms with van der Waals surface area (Å²) in [4.78, 5) is 30.5. The number of fused-ring (bicyclic) bond motifs is 3. The summed E-state index contributed by atoms with van der Waals surface area (Å²) in [5.74, 6) is 2.57. The molecule has 0 spiro atoms. The predicted molar refractivity (Wildman–Crippen MR) is 127 cm³/mol. The maximum absolute atomic E-state index is 12.7. The number of aliphatic imine (C=N–C) groups is 1. The van der Waals surface area contributed by atoms with Gasteiger partial charge in [-0.1, -0.05) is 12.8 Å². The summed E-state index contributed by atoms with van der Waals surface area (Å²) in [6.45, 7) is 4.93. The highest BCUT2D eigenvalue weighted by Crippen LogP contribution is 2.44. The number of carbonyl (C=O) groups is 1. The van der Waals surface area contributed by atoms with Crippen LogP contribution in [0.3, 0.4) is 0 Å². The molecule has 1 aliphatic carbocycles. The Bertz CT molecular complexity index is 1120. The van der Waals surface area contributed by atoms with Crippen LogP contribution in [0.25, 0.3) is 5.57 Å². The topological polar surface area (TPSA) is 112 Å². The van der Waals surface area contributed by atoms with Crippen LogP contribution in [0, 0.1) is 0 Å². The summed E-state index contributed by atoms with van der Waals surface area (Å²) in [6, 6.07) is 4.21. The third-order valence-electron chi connectivity index (χ3n) is 6.89. The largest absolute Gasteiger partial charge is 0.352 e. The highest BCUT2D eigenvalue weighted by Gasteiger charge is 2.45. The van der Waals surface area contributed by atoms with E-state index in [2.05, 4.69) is 47.5 Å². The van der Waals surface area contributed by atoms with Crippen molar-refractivity contribution in [1.29, 1.82) is 0 Å². The zero-order valence-electron chi connectivity index (χ0n) is 18.6. The van der Waals surface area contributed by atoms with Crippen LogP contribution in [-0.2, 0) is 4.79 Å². The number of rotatable bonds is 4. The summed E-state index contributed by atoms with van der Waals surface area (Å²) in [6.07, 6.45) is 9.76. The molecule has 0 aromatic carbocycles. The van der Waals surface area contributed by atoms with Crippen molar-refractivity contribution in [2.45, 2.75) is 50.7 Å². The molecular weight excluding hydrogens is 418 g/mol. The number of carbonyl (C=O) groups excluding carboxylic acids is 1. The molecule has 2 aromatic heterocycles. The van der Waals surface area contributed by atoms with E-state index in [1.54, 1.807) is 12.4 Å². The first-order chi connectivity index (χ1) is 16.2. The van der Waals surface area contributed by atoms with Gasteiger partial charge in [0.1, 0.15) is 11.9 Å². The van der Waals surface area contributed by atoms with Crippen LogP contribution in [-0.4, -0.2) is 70.0 Å². The van der Waals surface area contributed by atoms with Crippen LogP contribution in [0.1, 0.15) is 38.2 Å². The molecule has 2 atom stereocenters. The number of amides is 1. The minimum Gasteiger partial charge on any atom is -0.352 e. The fourth-order valence-corrected chi connectivity index (χ4v) is 5.33. The SMILES string of the molecule is C[C@H]1CN(c2ccc(Nc3ncc4c(n3)N(C3CCCC3)C3C(=O)N=CC=C43)nn2)CCN1. The Morgan fingerprint density at radius 3 is 2.85 bits per heavy atom. The summed E-state index contributed by atoms with van der Waals surface area (Å²) in [5, 5.41) is 15.4. The lowest BCUT2D eigenvalue weighted by atomic mass is 10.0. The van der Waals surface area contributed by atoms with Gasteiger partial charge < -0.3 is 20.4 Å². The van der Waals surface area contributed by atoms with Gasteiger partial charge in [-0.05, 0) is 43.5 Å². The normalized spacial score (nSPS) is 24.6. The number of dihydropyridines is 1. The first kappa shape index (κ1) is 20.2. The lowest BCUT2D eigenvalue weighted by Gasteiger charge is -2.32. The number of piperazine rings is 1. The van der Waals surface area contributed by atoms with Crippen molar-refractivity contribution in [2.24, 2.45) is 4.99 Å². The predicted octanol–water partition coefficient (Wildman–Crippen LogP) is 1.93.